The molecule has 0 amide bonds. The minimum Gasteiger partial charge on any atom is -0.368 e. The Morgan fingerprint density at radius 1 is 1.12 bits per heavy atom. The van der Waals surface area contributed by atoms with Gasteiger partial charge >= 0.3 is 0 Å². The highest BCUT2D eigenvalue weighted by molar-refractivity contribution is 5.97. The number of nitrogens with zero attached hydrogens (tertiary/aromatic N) is 5. The molecule has 2 heterocycles. The molecule has 4 aromatic rings. The highest BCUT2D eigenvalue weighted by atomic mass is 16.2. The molecule has 0 bridgehead atoms. The lowest BCUT2D eigenvalue weighted by Gasteiger charge is -2.03. The SMILES string of the molecule is Cc1cccc(C(=O)n2nc(Nc3c4ccccc4nn3C)nc2N)c1. The first kappa shape index (κ1) is 15.8. The molecule has 0 saturated carbocycles. The largest absolute Gasteiger partial charge is 0.368 e. The van der Waals surface area contributed by atoms with Gasteiger partial charge in [-0.05, 0) is 31.2 Å². The molecule has 0 fully saturated rings. The molecule has 2 aromatic carbocycles. The van der Waals surface area contributed by atoms with Gasteiger partial charge in [0, 0.05) is 18.0 Å². The van der Waals surface area contributed by atoms with Gasteiger partial charge in [-0.2, -0.15) is 14.8 Å². The number of nitrogens with one attached hydrogen (secondary N) is 1. The Morgan fingerprint density at radius 2 is 1.92 bits per heavy atom. The molecule has 8 nitrogen and oxygen atoms in total. The van der Waals surface area contributed by atoms with Crippen LogP contribution in [0, 0.1) is 6.92 Å². The Labute approximate surface area is 149 Å². The van der Waals surface area contributed by atoms with Crippen LogP contribution >= 0.6 is 0 Å². The van der Waals surface area contributed by atoms with Gasteiger partial charge in [-0.15, -0.1) is 5.10 Å². The number of carbonyl (C=O) groups is 1. The Bertz CT molecular complexity index is 1130. The van der Waals surface area contributed by atoms with Crippen LogP contribution in [0.1, 0.15) is 15.9 Å². The van der Waals surface area contributed by atoms with Gasteiger partial charge in [-0.1, -0.05) is 29.8 Å². The van der Waals surface area contributed by atoms with Crippen LogP contribution < -0.4 is 11.1 Å². The average Bonchev–Trinajstić information content (AvgIpc) is 3.14. The minimum atomic E-state index is -0.332. The quantitative estimate of drug-likeness (QED) is 0.590. The number of rotatable bonds is 3. The van der Waals surface area contributed by atoms with E-state index in [1.807, 2.05) is 50.4 Å². The molecule has 0 aliphatic carbocycles. The van der Waals surface area contributed by atoms with E-state index in [-0.39, 0.29) is 17.8 Å². The number of hydrogen-bond acceptors (Lipinski definition) is 6. The van der Waals surface area contributed by atoms with Gasteiger partial charge in [0.25, 0.3) is 5.91 Å². The van der Waals surface area contributed by atoms with Gasteiger partial charge in [-0.25, -0.2) is 0 Å². The van der Waals surface area contributed by atoms with Crippen LogP contribution in [0.25, 0.3) is 10.9 Å². The molecule has 0 radical (unpaired) electrons. The van der Waals surface area contributed by atoms with Crippen molar-refractivity contribution in [2.45, 2.75) is 6.92 Å². The second kappa shape index (κ2) is 5.99. The van der Waals surface area contributed by atoms with E-state index in [1.54, 1.807) is 16.8 Å². The number of carbonyl (C=O) groups excluding carboxylic acids is 1. The molecule has 26 heavy (non-hydrogen) atoms. The van der Waals surface area contributed by atoms with E-state index in [0.29, 0.717) is 5.56 Å². The van der Waals surface area contributed by atoms with Gasteiger partial charge < -0.3 is 11.1 Å². The van der Waals surface area contributed by atoms with E-state index in [2.05, 4.69) is 20.5 Å². The maximum atomic E-state index is 12.6. The molecule has 0 spiro atoms. The number of aromatic nitrogens is 5. The summed E-state index contributed by atoms with van der Waals surface area (Å²) in [5.74, 6) is 0.644. The topological polar surface area (TPSA) is 104 Å². The summed E-state index contributed by atoms with van der Waals surface area (Å²) in [7, 11) is 1.82. The lowest BCUT2D eigenvalue weighted by atomic mass is 10.1. The van der Waals surface area contributed by atoms with Gasteiger partial charge in [0.15, 0.2) is 0 Å². The molecule has 0 atom stereocenters. The normalized spacial score (nSPS) is 11.0. The van der Waals surface area contributed by atoms with Crippen molar-refractivity contribution in [1.29, 1.82) is 0 Å². The van der Waals surface area contributed by atoms with Crippen molar-refractivity contribution in [2.24, 2.45) is 7.05 Å². The summed E-state index contributed by atoms with van der Waals surface area (Å²) in [5, 5.41) is 12.7. The molecular formula is C18H17N7O. The molecule has 0 aliphatic rings. The zero-order valence-electron chi connectivity index (χ0n) is 14.3. The Morgan fingerprint density at radius 3 is 2.73 bits per heavy atom. The third-order valence-electron chi connectivity index (χ3n) is 4.06. The molecule has 0 saturated heterocycles. The number of fused-ring (bicyclic) bond motifs is 1. The van der Waals surface area contributed by atoms with Gasteiger partial charge in [-0.3, -0.25) is 9.48 Å². The summed E-state index contributed by atoms with van der Waals surface area (Å²) in [6, 6.07) is 15.0. The minimum absolute atomic E-state index is 0.0190. The van der Waals surface area contributed by atoms with Crippen molar-refractivity contribution in [2.75, 3.05) is 11.1 Å². The predicted molar refractivity (Wildman–Crippen MR) is 99.3 cm³/mol. The first-order valence-electron chi connectivity index (χ1n) is 8.05. The van der Waals surface area contributed by atoms with Gasteiger partial charge in [0.05, 0.1) is 5.52 Å². The molecule has 4 rings (SSSR count). The highest BCUT2D eigenvalue weighted by Gasteiger charge is 2.17. The monoisotopic (exact) mass is 347 g/mol. The number of anilines is 3. The summed E-state index contributed by atoms with van der Waals surface area (Å²) in [6.07, 6.45) is 0. The Kier molecular flexibility index (Phi) is 3.65. The fraction of sp³-hybridized carbons (Fsp3) is 0.111. The zero-order chi connectivity index (χ0) is 18.3. The second-order valence-electron chi connectivity index (χ2n) is 5.99. The molecule has 130 valence electrons. The fourth-order valence-electron chi connectivity index (χ4n) is 2.83. The number of aryl methyl sites for hydroxylation is 2. The van der Waals surface area contributed by atoms with Crippen molar-refractivity contribution in [1.82, 2.24) is 24.5 Å². The average molecular weight is 347 g/mol. The fourth-order valence-corrected chi connectivity index (χ4v) is 2.83. The Hall–Kier alpha value is -3.68. The molecular weight excluding hydrogens is 330 g/mol. The van der Waals surface area contributed by atoms with Crippen molar-refractivity contribution in [3.05, 3.63) is 59.7 Å². The number of hydrogen-bond donors (Lipinski definition) is 2. The van der Waals surface area contributed by atoms with E-state index in [0.717, 1.165) is 27.0 Å². The Balaban J connectivity index is 1.68. The van der Waals surface area contributed by atoms with Crippen molar-refractivity contribution in [3.8, 4) is 0 Å². The molecule has 2 aromatic heterocycles. The molecule has 3 N–H and O–H groups in total. The highest BCUT2D eigenvalue weighted by Crippen LogP contribution is 2.24. The summed E-state index contributed by atoms with van der Waals surface area (Å²) >= 11 is 0. The first-order valence-corrected chi connectivity index (χ1v) is 8.05. The van der Waals surface area contributed by atoms with Crippen LogP contribution in [0.2, 0.25) is 0 Å². The van der Waals surface area contributed by atoms with Crippen molar-refractivity contribution in [3.63, 3.8) is 0 Å². The van der Waals surface area contributed by atoms with E-state index >= 15 is 0 Å². The van der Waals surface area contributed by atoms with Crippen molar-refractivity contribution >= 4 is 34.5 Å². The van der Waals surface area contributed by atoms with E-state index in [1.165, 1.54) is 0 Å². The lowest BCUT2D eigenvalue weighted by molar-refractivity contribution is 0.0948. The van der Waals surface area contributed by atoms with Crippen LogP contribution in [0.5, 0.6) is 0 Å². The standard InChI is InChI=1S/C18H17N7O/c1-11-6-5-7-12(10-11)16(26)25-17(19)21-18(23-25)20-15-13-8-3-4-9-14(13)22-24(15)2/h3-10H,1-2H3,(H3,19,20,21,23). The van der Waals surface area contributed by atoms with Gasteiger partial charge in [0.2, 0.25) is 11.9 Å². The predicted octanol–water partition coefficient (Wildman–Crippen LogP) is 2.49. The number of nitrogens with two attached hydrogens (primary N) is 1. The van der Waals surface area contributed by atoms with E-state index in [4.69, 9.17) is 5.73 Å². The third-order valence-corrected chi connectivity index (χ3v) is 4.06. The van der Waals surface area contributed by atoms with Gasteiger partial charge in [0.1, 0.15) is 5.82 Å². The van der Waals surface area contributed by atoms with Crippen molar-refractivity contribution < 1.29 is 4.79 Å². The van der Waals surface area contributed by atoms with Crippen LogP contribution in [-0.4, -0.2) is 30.5 Å². The maximum Gasteiger partial charge on any atom is 0.281 e. The van der Waals surface area contributed by atoms with E-state index < -0.39 is 0 Å². The van der Waals surface area contributed by atoms with Crippen LogP contribution in [0.4, 0.5) is 17.7 Å². The first-order chi connectivity index (χ1) is 12.5. The molecule has 0 unspecified atom stereocenters. The summed E-state index contributed by atoms with van der Waals surface area (Å²) in [6.45, 7) is 1.92. The number of nitrogen functional groups attached to an aromatic ring is 1. The lowest BCUT2D eigenvalue weighted by Crippen LogP contribution is -2.16. The zero-order valence-corrected chi connectivity index (χ0v) is 14.3. The summed E-state index contributed by atoms with van der Waals surface area (Å²) in [4.78, 5) is 16.8. The molecule has 0 aliphatic heterocycles. The smallest absolute Gasteiger partial charge is 0.281 e. The third kappa shape index (κ3) is 2.67. The van der Waals surface area contributed by atoms with Crippen LogP contribution in [-0.2, 0) is 7.05 Å². The van der Waals surface area contributed by atoms with Crippen LogP contribution in [0.3, 0.4) is 0 Å². The van der Waals surface area contributed by atoms with Crippen LogP contribution in [0.15, 0.2) is 48.5 Å². The summed E-state index contributed by atoms with van der Waals surface area (Å²) in [5.41, 5.74) is 8.23. The van der Waals surface area contributed by atoms with E-state index in [9.17, 15) is 4.79 Å². The summed E-state index contributed by atoms with van der Waals surface area (Å²) < 4.78 is 2.79. The maximum absolute atomic E-state index is 12.6. The number of benzene rings is 2. The second-order valence-corrected chi connectivity index (χ2v) is 5.99. The molecule has 8 heteroatoms.